The van der Waals surface area contributed by atoms with Crippen LogP contribution in [0.1, 0.15) is 52.0 Å². The number of benzene rings is 1. The molecule has 23 heavy (non-hydrogen) atoms. The summed E-state index contributed by atoms with van der Waals surface area (Å²) in [5.74, 6) is -0.218. The molecule has 128 valence electrons. The van der Waals surface area contributed by atoms with Gasteiger partial charge >= 0.3 is 6.09 Å². The average Bonchev–Trinajstić information content (AvgIpc) is 2.43. The molecule has 0 saturated heterocycles. The Morgan fingerprint density at radius 1 is 1.17 bits per heavy atom. The number of amides is 1. The number of aryl methyl sites for hydroxylation is 1. The largest absolute Gasteiger partial charge is 0.444 e. The van der Waals surface area contributed by atoms with Gasteiger partial charge in [-0.3, -0.25) is 0 Å². The Hall–Kier alpha value is -1.78. The van der Waals surface area contributed by atoms with Crippen LogP contribution in [0.25, 0.3) is 0 Å². The van der Waals surface area contributed by atoms with Crippen molar-refractivity contribution < 1.29 is 13.9 Å². The standard InChI is InChI=1S/C18H27FN2O2/c1-12-5-10-15(19)16(11-12)20-13-6-8-14(9-7-13)21-17(22)23-18(2,3)4/h5,10-11,13-14,20H,6-9H2,1-4H3,(H,21,22). The van der Waals surface area contributed by atoms with E-state index in [1.54, 1.807) is 6.07 Å². The molecule has 0 aromatic heterocycles. The quantitative estimate of drug-likeness (QED) is 0.868. The van der Waals surface area contributed by atoms with Gasteiger partial charge in [-0.05, 0) is 71.1 Å². The molecule has 1 aromatic rings. The Balaban J connectivity index is 1.80. The topological polar surface area (TPSA) is 50.4 Å². The van der Waals surface area contributed by atoms with E-state index in [0.29, 0.717) is 5.69 Å². The summed E-state index contributed by atoms with van der Waals surface area (Å²) >= 11 is 0. The molecule has 2 N–H and O–H groups in total. The second kappa shape index (κ2) is 7.20. The van der Waals surface area contributed by atoms with Gasteiger partial charge in [-0.25, -0.2) is 9.18 Å². The fraction of sp³-hybridized carbons (Fsp3) is 0.611. The summed E-state index contributed by atoms with van der Waals surface area (Å²) in [6, 6.07) is 5.46. The van der Waals surface area contributed by atoms with Crippen LogP contribution in [-0.4, -0.2) is 23.8 Å². The normalized spacial score (nSPS) is 21.6. The smallest absolute Gasteiger partial charge is 0.407 e. The van der Waals surface area contributed by atoms with Gasteiger partial charge < -0.3 is 15.4 Å². The molecular weight excluding hydrogens is 295 g/mol. The first-order chi connectivity index (χ1) is 10.7. The van der Waals surface area contributed by atoms with Crippen molar-refractivity contribution in [3.05, 3.63) is 29.6 Å². The van der Waals surface area contributed by atoms with Crippen LogP contribution in [0.4, 0.5) is 14.9 Å². The zero-order valence-electron chi connectivity index (χ0n) is 14.4. The SMILES string of the molecule is Cc1ccc(F)c(NC2CCC(NC(=O)OC(C)(C)C)CC2)c1. The van der Waals surface area contributed by atoms with Crippen molar-refractivity contribution >= 4 is 11.8 Å². The molecule has 1 aromatic carbocycles. The Labute approximate surface area is 137 Å². The number of carbonyl (C=O) groups excluding carboxylic acids is 1. The van der Waals surface area contributed by atoms with Crippen molar-refractivity contribution in [2.45, 2.75) is 71.1 Å². The second-order valence-corrected chi connectivity index (χ2v) is 7.32. The Kier molecular flexibility index (Phi) is 5.50. The molecular formula is C18H27FN2O2. The van der Waals surface area contributed by atoms with Gasteiger partial charge in [0.25, 0.3) is 0 Å². The van der Waals surface area contributed by atoms with Crippen LogP contribution in [0, 0.1) is 12.7 Å². The van der Waals surface area contributed by atoms with E-state index in [9.17, 15) is 9.18 Å². The van der Waals surface area contributed by atoms with Crippen LogP contribution < -0.4 is 10.6 Å². The number of nitrogens with one attached hydrogen (secondary N) is 2. The Bertz CT molecular complexity index is 546. The predicted octanol–water partition coefficient (Wildman–Crippen LogP) is 4.38. The monoisotopic (exact) mass is 322 g/mol. The minimum Gasteiger partial charge on any atom is -0.444 e. The van der Waals surface area contributed by atoms with Crippen LogP contribution >= 0.6 is 0 Å². The molecule has 0 unspecified atom stereocenters. The highest BCUT2D eigenvalue weighted by Crippen LogP contribution is 2.24. The van der Waals surface area contributed by atoms with Gasteiger partial charge in [0.05, 0.1) is 5.69 Å². The van der Waals surface area contributed by atoms with Gasteiger partial charge in [-0.1, -0.05) is 6.07 Å². The van der Waals surface area contributed by atoms with Crippen molar-refractivity contribution in [2.75, 3.05) is 5.32 Å². The first-order valence-electron chi connectivity index (χ1n) is 8.25. The maximum atomic E-state index is 13.8. The minimum atomic E-state index is -0.481. The molecule has 0 radical (unpaired) electrons. The molecule has 2 rings (SSSR count). The third-order valence-electron chi connectivity index (χ3n) is 3.93. The van der Waals surface area contributed by atoms with E-state index in [-0.39, 0.29) is 24.0 Å². The zero-order chi connectivity index (χ0) is 17.0. The second-order valence-electron chi connectivity index (χ2n) is 7.32. The summed E-state index contributed by atoms with van der Waals surface area (Å²) in [5.41, 5.74) is 1.12. The lowest BCUT2D eigenvalue weighted by Gasteiger charge is -2.31. The number of hydrogen-bond donors (Lipinski definition) is 2. The van der Waals surface area contributed by atoms with Gasteiger partial charge in [0.2, 0.25) is 0 Å². The number of rotatable bonds is 3. The van der Waals surface area contributed by atoms with Gasteiger partial charge in [0.15, 0.2) is 0 Å². The number of hydrogen-bond acceptors (Lipinski definition) is 3. The highest BCUT2D eigenvalue weighted by atomic mass is 19.1. The van der Waals surface area contributed by atoms with E-state index < -0.39 is 5.60 Å². The number of anilines is 1. The zero-order valence-corrected chi connectivity index (χ0v) is 14.4. The van der Waals surface area contributed by atoms with E-state index >= 15 is 0 Å². The summed E-state index contributed by atoms with van der Waals surface area (Å²) in [6.07, 6.45) is 3.16. The van der Waals surface area contributed by atoms with Crippen LogP contribution in [-0.2, 0) is 4.74 Å². The molecule has 1 aliphatic carbocycles. The lowest BCUT2D eigenvalue weighted by atomic mass is 9.91. The van der Waals surface area contributed by atoms with Crippen molar-refractivity contribution in [2.24, 2.45) is 0 Å². The molecule has 1 fully saturated rings. The molecule has 0 aliphatic heterocycles. The highest BCUT2D eigenvalue weighted by molar-refractivity contribution is 5.68. The van der Waals surface area contributed by atoms with Crippen LogP contribution in [0.5, 0.6) is 0 Å². The minimum absolute atomic E-state index is 0.130. The number of ether oxygens (including phenoxy) is 1. The summed E-state index contributed by atoms with van der Waals surface area (Å²) in [6.45, 7) is 7.50. The van der Waals surface area contributed by atoms with Crippen molar-refractivity contribution in [3.63, 3.8) is 0 Å². The molecule has 1 amide bonds. The van der Waals surface area contributed by atoms with E-state index in [4.69, 9.17) is 4.74 Å². The number of carbonyl (C=O) groups is 1. The highest BCUT2D eigenvalue weighted by Gasteiger charge is 2.25. The van der Waals surface area contributed by atoms with Crippen molar-refractivity contribution in [1.82, 2.24) is 5.32 Å². The third kappa shape index (κ3) is 5.73. The van der Waals surface area contributed by atoms with Gasteiger partial charge in [-0.2, -0.15) is 0 Å². The molecule has 0 bridgehead atoms. The molecule has 0 spiro atoms. The first kappa shape index (κ1) is 17.6. The fourth-order valence-corrected chi connectivity index (χ4v) is 2.83. The third-order valence-corrected chi connectivity index (χ3v) is 3.93. The molecule has 1 saturated carbocycles. The summed E-state index contributed by atoms with van der Waals surface area (Å²) in [7, 11) is 0. The van der Waals surface area contributed by atoms with E-state index in [1.807, 2.05) is 33.8 Å². The van der Waals surface area contributed by atoms with Crippen LogP contribution in [0.2, 0.25) is 0 Å². The average molecular weight is 322 g/mol. The lowest BCUT2D eigenvalue weighted by molar-refractivity contribution is 0.0492. The van der Waals surface area contributed by atoms with Gasteiger partial charge in [0.1, 0.15) is 11.4 Å². The molecule has 0 atom stereocenters. The maximum absolute atomic E-state index is 13.8. The Morgan fingerprint density at radius 3 is 2.39 bits per heavy atom. The van der Waals surface area contributed by atoms with E-state index in [0.717, 1.165) is 31.2 Å². The van der Waals surface area contributed by atoms with Crippen molar-refractivity contribution in [1.29, 1.82) is 0 Å². The molecule has 4 nitrogen and oxygen atoms in total. The van der Waals surface area contributed by atoms with Crippen LogP contribution in [0.3, 0.4) is 0 Å². The first-order valence-corrected chi connectivity index (χ1v) is 8.25. The van der Waals surface area contributed by atoms with E-state index in [2.05, 4.69) is 10.6 Å². The summed E-state index contributed by atoms with van der Waals surface area (Å²) in [5, 5.41) is 6.20. The maximum Gasteiger partial charge on any atom is 0.407 e. The number of alkyl carbamates (subject to hydrolysis) is 1. The van der Waals surface area contributed by atoms with Crippen LogP contribution in [0.15, 0.2) is 18.2 Å². The summed E-state index contributed by atoms with van der Waals surface area (Å²) < 4.78 is 19.1. The molecule has 5 heteroatoms. The van der Waals surface area contributed by atoms with E-state index in [1.165, 1.54) is 6.07 Å². The van der Waals surface area contributed by atoms with Gasteiger partial charge in [0, 0.05) is 12.1 Å². The fourth-order valence-electron chi connectivity index (χ4n) is 2.83. The number of halogens is 1. The summed E-state index contributed by atoms with van der Waals surface area (Å²) in [4.78, 5) is 11.8. The Morgan fingerprint density at radius 2 is 1.78 bits per heavy atom. The predicted molar refractivity (Wildman–Crippen MR) is 90.2 cm³/mol. The van der Waals surface area contributed by atoms with Crippen molar-refractivity contribution in [3.8, 4) is 0 Å². The van der Waals surface area contributed by atoms with Gasteiger partial charge in [-0.15, -0.1) is 0 Å². The molecule has 0 heterocycles. The lowest BCUT2D eigenvalue weighted by Crippen LogP contribution is -2.42. The molecule has 1 aliphatic rings.